The maximum atomic E-state index is 12.4. The largest absolute Gasteiger partial charge is 0.496 e. The van der Waals surface area contributed by atoms with Crippen molar-refractivity contribution in [2.45, 2.75) is 12.7 Å². The van der Waals surface area contributed by atoms with Gasteiger partial charge in [-0.25, -0.2) is 0 Å². The Morgan fingerprint density at radius 1 is 1.45 bits per heavy atom. The molecule has 8 heteroatoms. The number of rotatable bonds is 6. The Kier molecular flexibility index (Phi) is 5.82. The predicted molar refractivity (Wildman–Crippen MR) is 69.7 cm³/mol. The van der Waals surface area contributed by atoms with Crippen molar-refractivity contribution < 1.29 is 27.8 Å². The van der Waals surface area contributed by atoms with Crippen LogP contribution >= 0.6 is 15.9 Å². The van der Waals surface area contributed by atoms with E-state index in [2.05, 4.69) is 15.9 Å². The number of benzene rings is 1. The van der Waals surface area contributed by atoms with Gasteiger partial charge in [0.1, 0.15) is 5.75 Å². The fourth-order valence-electron chi connectivity index (χ4n) is 1.68. The van der Waals surface area contributed by atoms with Gasteiger partial charge < -0.3 is 9.84 Å². The molecule has 0 aromatic heterocycles. The fourth-order valence-corrected chi connectivity index (χ4v) is 2.27. The number of alkyl halides is 3. The van der Waals surface area contributed by atoms with E-state index in [1.54, 1.807) is 18.2 Å². The average Bonchev–Trinajstić information content (AvgIpc) is 2.25. The van der Waals surface area contributed by atoms with Gasteiger partial charge in [-0.1, -0.05) is 6.07 Å². The zero-order valence-corrected chi connectivity index (χ0v) is 12.2. The van der Waals surface area contributed by atoms with Crippen LogP contribution in [-0.2, 0) is 11.3 Å². The van der Waals surface area contributed by atoms with Gasteiger partial charge in [0.15, 0.2) is 0 Å². The van der Waals surface area contributed by atoms with Gasteiger partial charge >= 0.3 is 12.1 Å². The topological polar surface area (TPSA) is 49.8 Å². The Bertz CT molecular complexity index is 480. The van der Waals surface area contributed by atoms with Crippen molar-refractivity contribution in [1.29, 1.82) is 0 Å². The van der Waals surface area contributed by atoms with Gasteiger partial charge in [0.2, 0.25) is 0 Å². The summed E-state index contributed by atoms with van der Waals surface area (Å²) in [6, 6.07) is 4.80. The second kappa shape index (κ2) is 6.94. The van der Waals surface area contributed by atoms with Gasteiger partial charge in [-0.15, -0.1) is 0 Å². The highest BCUT2D eigenvalue weighted by Gasteiger charge is 2.31. The summed E-state index contributed by atoms with van der Waals surface area (Å²) in [6.07, 6.45) is -4.45. The van der Waals surface area contributed by atoms with Gasteiger partial charge in [0, 0.05) is 6.54 Å². The maximum Gasteiger partial charge on any atom is 0.401 e. The van der Waals surface area contributed by atoms with Crippen LogP contribution in [-0.4, -0.2) is 42.4 Å². The molecular weight excluding hydrogens is 343 g/mol. The van der Waals surface area contributed by atoms with E-state index < -0.39 is 25.2 Å². The standard InChI is InChI=1S/C12H13BrF3NO3/c1-20-10-3-2-8(4-9(10)13)5-17(6-11(18)19)7-12(14,15)16/h2-4H,5-7H2,1H3,(H,18,19). The Morgan fingerprint density at radius 3 is 2.55 bits per heavy atom. The summed E-state index contributed by atoms with van der Waals surface area (Å²) < 4.78 is 42.8. The maximum absolute atomic E-state index is 12.4. The Morgan fingerprint density at radius 2 is 2.10 bits per heavy atom. The lowest BCUT2D eigenvalue weighted by Gasteiger charge is -2.22. The van der Waals surface area contributed by atoms with E-state index in [0.29, 0.717) is 15.8 Å². The van der Waals surface area contributed by atoms with Crippen LogP contribution < -0.4 is 4.74 Å². The van der Waals surface area contributed by atoms with Crippen LogP contribution in [0, 0.1) is 0 Å². The summed E-state index contributed by atoms with van der Waals surface area (Å²) in [7, 11) is 1.47. The third-order valence-corrected chi connectivity index (χ3v) is 3.00. The smallest absolute Gasteiger partial charge is 0.401 e. The molecule has 0 aliphatic heterocycles. The molecule has 0 amide bonds. The molecule has 0 bridgehead atoms. The fraction of sp³-hybridized carbons (Fsp3) is 0.417. The Hall–Kier alpha value is -1.28. The average molecular weight is 356 g/mol. The van der Waals surface area contributed by atoms with Crippen molar-refractivity contribution >= 4 is 21.9 Å². The van der Waals surface area contributed by atoms with E-state index >= 15 is 0 Å². The highest BCUT2D eigenvalue weighted by Crippen LogP contribution is 2.26. The van der Waals surface area contributed by atoms with Crippen molar-refractivity contribution in [2.75, 3.05) is 20.2 Å². The predicted octanol–water partition coefficient (Wildman–Crippen LogP) is 2.91. The molecule has 112 valence electrons. The number of hydrogen-bond donors (Lipinski definition) is 1. The number of carboxylic acids is 1. The lowest BCUT2D eigenvalue weighted by molar-refractivity contribution is -0.154. The number of aliphatic carboxylic acids is 1. The second-order valence-electron chi connectivity index (χ2n) is 4.12. The SMILES string of the molecule is COc1ccc(CN(CC(=O)O)CC(F)(F)F)cc1Br. The van der Waals surface area contributed by atoms with Crippen LogP contribution in [0.4, 0.5) is 13.2 Å². The van der Waals surface area contributed by atoms with Gasteiger partial charge in [-0.2, -0.15) is 13.2 Å². The van der Waals surface area contributed by atoms with Gasteiger partial charge in [-0.3, -0.25) is 9.69 Å². The number of nitrogens with zero attached hydrogens (tertiary/aromatic N) is 1. The first-order valence-electron chi connectivity index (χ1n) is 5.54. The first-order valence-corrected chi connectivity index (χ1v) is 6.34. The summed E-state index contributed by atoms with van der Waals surface area (Å²) in [5, 5.41) is 8.66. The van der Waals surface area contributed by atoms with Crippen molar-refractivity contribution in [3.8, 4) is 5.75 Å². The minimum absolute atomic E-state index is 0.117. The third kappa shape index (κ3) is 5.79. The van der Waals surface area contributed by atoms with E-state index in [0.717, 1.165) is 4.90 Å². The molecule has 0 spiro atoms. The quantitative estimate of drug-likeness (QED) is 0.852. The van der Waals surface area contributed by atoms with E-state index in [9.17, 15) is 18.0 Å². The summed E-state index contributed by atoms with van der Waals surface area (Å²) in [5.41, 5.74) is 0.558. The lowest BCUT2D eigenvalue weighted by Crippen LogP contribution is -2.37. The molecule has 0 radical (unpaired) electrons. The molecule has 1 aromatic rings. The van der Waals surface area contributed by atoms with Crippen LogP contribution in [0.1, 0.15) is 5.56 Å². The summed E-state index contributed by atoms with van der Waals surface area (Å²) in [4.78, 5) is 11.4. The number of ether oxygens (including phenoxy) is 1. The van der Waals surface area contributed by atoms with Gasteiger partial charge in [-0.05, 0) is 33.6 Å². The molecule has 0 heterocycles. The summed E-state index contributed by atoms with van der Waals surface area (Å²) in [6.45, 7) is -2.07. The molecule has 1 aromatic carbocycles. The molecule has 0 atom stereocenters. The first-order chi connectivity index (χ1) is 9.21. The monoisotopic (exact) mass is 355 g/mol. The highest BCUT2D eigenvalue weighted by atomic mass is 79.9. The van der Waals surface area contributed by atoms with E-state index in [1.165, 1.54) is 7.11 Å². The summed E-state index contributed by atoms with van der Waals surface area (Å²) in [5.74, 6) is -0.754. The molecule has 1 N–H and O–H groups in total. The Labute approximate surface area is 122 Å². The molecule has 1 rings (SSSR count). The lowest BCUT2D eigenvalue weighted by atomic mass is 10.2. The number of methoxy groups -OCH3 is 1. The number of carbonyl (C=O) groups is 1. The highest BCUT2D eigenvalue weighted by molar-refractivity contribution is 9.10. The van der Waals surface area contributed by atoms with Crippen LogP contribution in [0.5, 0.6) is 5.75 Å². The van der Waals surface area contributed by atoms with Crippen LogP contribution in [0.25, 0.3) is 0 Å². The Balaban J connectivity index is 2.83. The molecule has 0 aliphatic carbocycles. The van der Waals surface area contributed by atoms with Crippen LogP contribution in [0.15, 0.2) is 22.7 Å². The van der Waals surface area contributed by atoms with E-state index in [1.807, 2.05) is 0 Å². The zero-order chi connectivity index (χ0) is 15.3. The summed E-state index contributed by atoms with van der Waals surface area (Å²) >= 11 is 3.23. The molecule has 0 saturated carbocycles. The molecular formula is C12H13BrF3NO3. The molecule has 4 nitrogen and oxygen atoms in total. The van der Waals surface area contributed by atoms with Crippen LogP contribution in [0.2, 0.25) is 0 Å². The number of halogens is 4. The molecule has 20 heavy (non-hydrogen) atoms. The number of hydrogen-bond acceptors (Lipinski definition) is 3. The molecule has 0 unspecified atom stereocenters. The molecule has 0 aliphatic rings. The minimum Gasteiger partial charge on any atom is -0.496 e. The van der Waals surface area contributed by atoms with Crippen molar-refractivity contribution in [3.05, 3.63) is 28.2 Å². The first kappa shape index (κ1) is 16.8. The van der Waals surface area contributed by atoms with E-state index in [4.69, 9.17) is 9.84 Å². The minimum atomic E-state index is -4.45. The van der Waals surface area contributed by atoms with Crippen LogP contribution in [0.3, 0.4) is 0 Å². The molecule has 0 saturated heterocycles. The van der Waals surface area contributed by atoms with Crippen molar-refractivity contribution in [1.82, 2.24) is 4.90 Å². The van der Waals surface area contributed by atoms with E-state index in [-0.39, 0.29) is 6.54 Å². The van der Waals surface area contributed by atoms with Gasteiger partial charge in [0.25, 0.3) is 0 Å². The zero-order valence-electron chi connectivity index (χ0n) is 10.6. The normalized spacial score (nSPS) is 11.7. The van der Waals surface area contributed by atoms with Crippen molar-refractivity contribution in [2.24, 2.45) is 0 Å². The number of carboxylic acid groups (broad SMARTS) is 1. The van der Waals surface area contributed by atoms with Gasteiger partial charge in [0.05, 0.1) is 24.7 Å². The van der Waals surface area contributed by atoms with Crippen molar-refractivity contribution in [3.63, 3.8) is 0 Å². The second-order valence-corrected chi connectivity index (χ2v) is 4.98. The molecule has 0 fully saturated rings. The third-order valence-electron chi connectivity index (χ3n) is 2.38.